The van der Waals surface area contributed by atoms with E-state index >= 15 is 0 Å². The smallest absolute Gasteiger partial charge is 0.263 e. The molecule has 3 aromatic heterocycles. The molecule has 4 heterocycles. The van der Waals surface area contributed by atoms with E-state index in [4.69, 9.17) is 0 Å². The predicted molar refractivity (Wildman–Crippen MR) is 131 cm³/mol. The maximum absolute atomic E-state index is 13.3. The average molecular weight is 480 g/mol. The highest BCUT2D eigenvalue weighted by atomic mass is 16.3. The van der Waals surface area contributed by atoms with Gasteiger partial charge in [-0.2, -0.15) is 4.98 Å². The summed E-state index contributed by atoms with van der Waals surface area (Å²) < 4.78 is 1.67. The Hall–Kier alpha value is -3.41. The van der Waals surface area contributed by atoms with Gasteiger partial charge >= 0.3 is 0 Å². The van der Waals surface area contributed by atoms with Crippen molar-refractivity contribution in [2.75, 3.05) is 23.3 Å². The molecule has 5 rings (SSSR count). The summed E-state index contributed by atoms with van der Waals surface area (Å²) in [6.07, 6.45) is 5.56. The quantitative estimate of drug-likeness (QED) is 0.398. The van der Waals surface area contributed by atoms with Crippen LogP contribution < -0.4 is 21.1 Å². The second-order valence-electron chi connectivity index (χ2n) is 9.18. The van der Waals surface area contributed by atoms with Crippen LogP contribution in [-0.2, 0) is 0 Å². The fourth-order valence-corrected chi connectivity index (χ4v) is 5.05. The van der Waals surface area contributed by atoms with E-state index in [1.807, 2.05) is 0 Å². The van der Waals surface area contributed by atoms with Crippen molar-refractivity contribution in [1.82, 2.24) is 24.8 Å². The number of aromatic nitrogens is 4. The maximum Gasteiger partial charge on any atom is 0.263 e. The number of fused-ring (bicyclic) bond motifs is 1. The second-order valence-corrected chi connectivity index (χ2v) is 9.18. The number of hydrogen-bond donors (Lipinski definition) is 4. The van der Waals surface area contributed by atoms with Crippen LogP contribution in [0, 0.1) is 6.92 Å². The molecule has 2 atom stereocenters. The van der Waals surface area contributed by atoms with Crippen LogP contribution in [0.15, 0.2) is 29.3 Å². The Morgan fingerprint density at radius 1 is 1.17 bits per heavy atom. The lowest BCUT2D eigenvalue weighted by atomic mass is 10.0. The lowest BCUT2D eigenvalue weighted by Crippen LogP contribution is -2.56. The maximum atomic E-state index is 13.3. The molecular weight excluding hydrogens is 450 g/mol. The molecule has 1 saturated carbocycles. The number of piperazine rings is 1. The van der Waals surface area contributed by atoms with Crippen molar-refractivity contribution in [3.05, 3.63) is 46.0 Å². The largest absolute Gasteiger partial charge is 0.377 e. The summed E-state index contributed by atoms with van der Waals surface area (Å²) in [5.41, 5.74) is 1.68. The summed E-state index contributed by atoms with van der Waals surface area (Å²) in [7, 11) is 0. The van der Waals surface area contributed by atoms with Crippen molar-refractivity contribution in [2.24, 2.45) is 0 Å². The van der Waals surface area contributed by atoms with Crippen LogP contribution in [0.1, 0.15) is 54.6 Å². The standard InChI is InChI=1S/C24H29N7O4/c1-13-17-10-27-24(28-18-8-7-16(9-25-18)30-12-19(33)26-11-20(30)34)29-22(17)31(15-5-3-4-6-15)23(35)21(13)14(2)32/h7-10,15,19-20,26,33-34H,3-6,11-12H2,1-2H3,(H,25,27,28,29). The summed E-state index contributed by atoms with van der Waals surface area (Å²) in [6, 6.07) is 3.53. The van der Waals surface area contributed by atoms with Gasteiger partial charge in [-0.3, -0.25) is 19.5 Å². The minimum atomic E-state index is -0.765. The number of rotatable bonds is 5. The Labute approximate surface area is 201 Å². The molecule has 0 aromatic carbocycles. The normalized spacial score (nSPS) is 21.0. The van der Waals surface area contributed by atoms with Gasteiger partial charge < -0.3 is 20.4 Å². The van der Waals surface area contributed by atoms with Gasteiger partial charge in [-0.05, 0) is 44.4 Å². The monoisotopic (exact) mass is 479 g/mol. The molecule has 2 unspecified atom stereocenters. The van der Waals surface area contributed by atoms with Crippen LogP contribution in [0.5, 0.6) is 0 Å². The first-order valence-electron chi connectivity index (χ1n) is 11.9. The number of ketones is 1. The van der Waals surface area contributed by atoms with Crippen LogP contribution >= 0.6 is 0 Å². The number of β-amino-alcohol motifs (C(OH)–C–C–N with tert-alkyl or cyclic N) is 2. The lowest BCUT2D eigenvalue weighted by molar-refractivity contribution is 0.0613. The summed E-state index contributed by atoms with van der Waals surface area (Å²) in [4.78, 5) is 40.8. The molecule has 0 bridgehead atoms. The van der Waals surface area contributed by atoms with Gasteiger partial charge in [0.1, 0.15) is 23.9 Å². The molecule has 1 saturated heterocycles. The molecule has 184 valence electrons. The molecule has 2 aliphatic rings. The number of aryl methyl sites for hydroxylation is 1. The Morgan fingerprint density at radius 2 is 1.94 bits per heavy atom. The fraction of sp³-hybridized carbons (Fsp3) is 0.458. The first-order chi connectivity index (χ1) is 16.8. The highest BCUT2D eigenvalue weighted by Gasteiger charge is 2.27. The van der Waals surface area contributed by atoms with Gasteiger partial charge in [0, 0.05) is 24.2 Å². The van der Waals surface area contributed by atoms with E-state index in [1.54, 1.807) is 40.9 Å². The molecule has 4 N–H and O–H groups in total. The van der Waals surface area contributed by atoms with Gasteiger partial charge in [-0.1, -0.05) is 12.8 Å². The van der Waals surface area contributed by atoms with Crippen molar-refractivity contribution in [3.63, 3.8) is 0 Å². The van der Waals surface area contributed by atoms with Crippen molar-refractivity contribution < 1.29 is 15.0 Å². The minimum absolute atomic E-state index is 0.00432. The third kappa shape index (κ3) is 4.38. The first-order valence-corrected chi connectivity index (χ1v) is 11.9. The highest BCUT2D eigenvalue weighted by Crippen LogP contribution is 2.32. The van der Waals surface area contributed by atoms with E-state index in [0.717, 1.165) is 25.7 Å². The van der Waals surface area contributed by atoms with Crippen LogP contribution in [0.3, 0.4) is 0 Å². The summed E-state index contributed by atoms with van der Waals surface area (Å²) in [6.45, 7) is 3.67. The number of nitrogens with one attached hydrogen (secondary N) is 2. The Balaban J connectivity index is 1.49. The molecular formula is C24H29N7O4. The molecule has 3 aromatic rings. The van der Waals surface area contributed by atoms with Crippen molar-refractivity contribution in [1.29, 1.82) is 0 Å². The third-order valence-electron chi connectivity index (χ3n) is 6.84. The van der Waals surface area contributed by atoms with E-state index in [1.165, 1.54) is 6.92 Å². The van der Waals surface area contributed by atoms with Crippen molar-refractivity contribution in [2.45, 2.75) is 58.0 Å². The molecule has 11 nitrogen and oxygen atoms in total. The molecule has 1 aliphatic heterocycles. The van der Waals surface area contributed by atoms with Gasteiger partial charge in [-0.15, -0.1) is 0 Å². The first kappa shape index (κ1) is 23.3. The predicted octanol–water partition coefficient (Wildman–Crippen LogP) is 1.60. The molecule has 11 heteroatoms. The molecule has 0 spiro atoms. The Bertz CT molecular complexity index is 1320. The van der Waals surface area contributed by atoms with Crippen molar-refractivity contribution >= 4 is 34.3 Å². The summed E-state index contributed by atoms with van der Waals surface area (Å²) in [5, 5.41) is 26.6. The topological polar surface area (TPSA) is 146 Å². The van der Waals surface area contributed by atoms with Crippen LogP contribution in [0.4, 0.5) is 17.5 Å². The molecule has 0 amide bonds. The summed E-state index contributed by atoms with van der Waals surface area (Å²) >= 11 is 0. The number of aliphatic hydroxyl groups excluding tert-OH is 2. The van der Waals surface area contributed by atoms with E-state index in [2.05, 4.69) is 25.6 Å². The number of nitrogens with zero attached hydrogens (tertiary/aromatic N) is 5. The minimum Gasteiger partial charge on any atom is -0.377 e. The van der Waals surface area contributed by atoms with E-state index < -0.39 is 12.5 Å². The number of carbonyl (C=O) groups excluding carboxylic acids is 1. The van der Waals surface area contributed by atoms with Gasteiger partial charge in [-0.25, -0.2) is 9.97 Å². The number of carbonyl (C=O) groups is 1. The fourth-order valence-electron chi connectivity index (χ4n) is 5.05. The molecule has 2 fully saturated rings. The average Bonchev–Trinajstić information content (AvgIpc) is 3.35. The van der Waals surface area contributed by atoms with Crippen molar-refractivity contribution in [3.8, 4) is 0 Å². The third-order valence-corrected chi connectivity index (χ3v) is 6.84. The Kier molecular flexibility index (Phi) is 6.22. The SMILES string of the molecule is CC(=O)c1c(C)c2cnc(Nc3ccc(N4CC(O)NCC4O)cn3)nc2n(C2CCCC2)c1=O. The van der Waals surface area contributed by atoms with Crippen LogP contribution in [0.2, 0.25) is 0 Å². The van der Waals surface area contributed by atoms with Gasteiger partial charge in [0.25, 0.3) is 5.56 Å². The second kappa shape index (κ2) is 9.33. The van der Waals surface area contributed by atoms with Gasteiger partial charge in [0.15, 0.2) is 5.78 Å². The van der Waals surface area contributed by atoms with Crippen LogP contribution in [0.25, 0.3) is 11.0 Å². The zero-order valence-electron chi connectivity index (χ0n) is 19.7. The lowest BCUT2D eigenvalue weighted by Gasteiger charge is -2.36. The highest BCUT2D eigenvalue weighted by molar-refractivity contribution is 5.99. The van der Waals surface area contributed by atoms with Crippen LogP contribution in [-0.4, -0.2) is 61.1 Å². The van der Waals surface area contributed by atoms with Gasteiger partial charge in [0.05, 0.1) is 24.0 Å². The number of Topliss-reactive ketones (excluding diaryl/α,β-unsaturated/α-hetero) is 1. The number of anilines is 3. The summed E-state index contributed by atoms with van der Waals surface area (Å²) in [5.74, 6) is 0.524. The zero-order chi connectivity index (χ0) is 24.7. The van der Waals surface area contributed by atoms with Gasteiger partial charge in [0.2, 0.25) is 5.95 Å². The number of pyridine rings is 2. The molecule has 0 radical (unpaired) electrons. The zero-order valence-corrected chi connectivity index (χ0v) is 19.7. The Morgan fingerprint density at radius 3 is 2.63 bits per heavy atom. The molecule has 35 heavy (non-hydrogen) atoms. The van der Waals surface area contributed by atoms with E-state index in [0.29, 0.717) is 28.1 Å². The number of aliphatic hydroxyl groups is 2. The number of hydrogen-bond acceptors (Lipinski definition) is 10. The van der Waals surface area contributed by atoms with E-state index in [-0.39, 0.29) is 42.0 Å². The van der Waals surface area contributed by atoms with E-state index in [9.17, 15) is 19.8 Å². The molecule has 1 aliphatic carbocycles.